The number of rotatable bonds is 9. The van der Waals surface area contributed by atoms with Crippen LogP contribution < -0.4 is 10.1 Å². The van der Waals surface area contributed by atoms with E-state index in [-0.39, 0.29) is 24.5 Å². The van der Waals surface area contributed by atoms with Gasteiger partial charge in [-0.15, -0.1) is 11.3 Å². The summed E-state index contributed by atoms with van der Waals surface area (Å²) in [5, 5.41) is 5.12. The Morgan fingerprint density at radius 2 is 1.96 bits per heavy atom. The quantitative estimate of drug-likeness (QED) is 0.536. The molecular formula is C21H21N3O3S. The largest absolute Gasteiger partial charge is 0.494 e. The summed E-state index contributed by atoms with van der Waals surface area (Å²) >= 11 is 1.34. The van der Waals surface area contributed by atoms with Crippen LogP contribution in [0.15, 0.2) is 54.2 Å². The van der Waals surface area contributed by atoms with E-state index in [1.165, 1.54) is 11.3 Å². The van der Waals surface area contributed by atoms with Crippen molar-refractivity contribution in [3.05, 3.63) is 59.7 Å². The lowest BCUT2D eigenvalue weighted by atomic mass is 10.1. The number of benzene rings is 1. The summed E-state index contributed by atoms with van der Waals surface area (Å²) in [6.07, 6.45) is 4.59. The van der Waals surface area contributed by atoms with Gasteiger partial charge in [0.05, 0.1) is 12.3 Å². The van der Waals surface area contributed by atoms with E-state index in [4.69, 9.17) is 4.74 Å². The molecule has 0 aliphatic heterocycles. The van der Waals surface area contributed by atoms with Gasteiger partial charge in [-0.2, -0.15) is 0 Å². The number of hydrogen-bond acceptors (Lipinski definition) is 6. The predicted molar refractivity (Wildman–Crippen MR) is 110 cm³/mol. The zero-order valence-corrected chi connectivity index (χ0v) is 16.4. The number of amides is 1. The van der Waals surface area contributed by atoms with Gasteiger partial charge in [-0.25, -0.2) is 4.98 Å². The number of anilines is 1. The lowest BCUT2D eigenvalue weighted by Crippen LogP contribution is -2.13. The molecule has 0 aliphatic carbocycles. The van der Waals surface area contributed by atoms with E-state index < -0.39 is 0 Å². The van der Waals surface area contributed by atoms with Gasteiger partial charge >= 0.3 is 0 Å². The van der Waals surface area contributed by atoms with E-state index in [9.17, 15) is 9.59 Å². The van der Waals surface area contributed by atoms with E-state index in [1.807, 2.05) is 24.4 Å². The van der Waals surface area contributed by atoms with Crippen LogP contribution in [0, 0.1) is 0 Å². The first-order valence-corrected chi connectivity index (χ1v) is 9.95. The van der Waals surface area contributed by atoms with Crippen LogP contribution in [-0.2, 0) is 4.79 Å². The summed E-state index contributed by atoms with van der Waals surface area (Å²) in [5.74, 6) is 0.431. The molecule has 144 valence electrons. The number of aromatic nitrogens is 2. The minimum Gasteiger partial charge on any atom is -0.494 e. The molecule has 0 saturated carbocycles. The van der Waals surface area contributed by atoms with E-state index in [2.05, 4.69) is 15.3 Å². The van der Waals surface area contributed by atoms with Crippen molar-refractivity contribution in [3.63, 3.8) is 0 Å². The highest BCUT2D eigenvalue weighted by molar-refractivity contribution is 7.14. The van der Waals surface area contributed by atoms with Crippen LogP contribution in [0.25, 0.3) is 11.3 Å². The van der Waals surface area contributed by atoms with Crippen LogP contribution in [0.3, 0.4) is 0 Å². The van der Waals surface area contributed by atoms with E-state index in [0.29, 0.717) is 17.3 Å². The van der Waals surface area contributed by atoms with Gasteiger partial charge in [-0.3, -0.25) is 14.6 Å². The molecule has 0 aliphatic rings. The molecule has 0 atom stereocenters. The number of carbonyl (C=O) groups excluding carboxylic acids is 2. The first kappa shape index (κ1) is 19.7. The molecule has 0 radical (unpaired) electrons. The van der Waals surface area contributed by atoms with Gasteiger partial charge in [0, 0.05) is 41.7 Å². The molecule has 2 heterocycles. The Bertz CT molecular complexity index is 924. The van der Waals surface area contributed by atoms with Crippen molar-refractivity contribution in [3.8, 4) is 17.0 Å². The first-order chi connectivity index (χ1) is 13.7. The van der Waals surface area contributed by atoms with Gasteiger partial charge in [0.2, 0.25) is 5.91 Å². The number of ether oxygens (including phenoxy) is 1. The Balaban J connectivity index is 1.49. The van der Waals surface area contributed by atoms with Gasteiger partial charge < -0.3 is 10.1 Å². The number of hydrogen-bond donors (Lipinski definition) is 1. The zero-order valence-electron chi connectivity index (χ0n) is 15.6. The highest BCUT2D eigenvalue weighted by Crippen LogP contribution is 2.24. The fourth-order valence-corrected chi connectivity index (χ4v) is 3.22. The molecule has 2 aromatic heterocycles. The normalized spacial score (nSPS) is 10.5. The lowest BCUT2D eigenvalue weighted by molar-refractivity contribution is -0.116. The van der Waals surface area contributed by atoms with E-state index in [0.717, 1.165) is 23.4 Å². The minimum absolute atomic E-state index is 0.0765. The zero-order chi connectivity index (χ0) is 19.8. The monoisotopic (exact) mass is 395 g/mol. The third-order valence-corrected chi connectivity index (χ3v) is 4.69. The summed E-state index contributed by atoms with van der Waals surface area (Å²) in [7, 11) is 0. The molecule has 28 heavy (non-hydrogen) atoms. The second kappa shape index (κ2) is 9.75. The number of nitrogens with one attached hydrogen (secondary N) is 1. The van der Waals surface area contributed by atoms with Gasteiger partial charge in [0.25, 0.3) is 0 Å². The lowest BCUT2D eigenvalue weighted by Gasteiger charge is -2.06. The van der Waals surface area contributed by atoms with Crippen molar-refractivity contribution >= 4 is 28.2 Å². The number of ketones is 1. The van der Waals surface area contributed by atoms with Gasteiger partial charge in [0.1, 0.15) is 5.75 Å². The van der Waals surface area contributed by atoms with Crippen molar-refractivity contribution in [1.29, 1.82) is 0 Å². The third-order valence-electron chi connectivity index (χ3n) is 3.94. The minimum atomic E-state index is -0.233. The Morgan fingerprint density at radius 3 is 2.68 bits per heavy atom. The number of Topliss-reactive ketones (excluding diaryl/α,β-unsaturated/α-hetero) is 1. The molecule has 1 N–H and O–H groups in total. The van der Waals surface area contributed by atoms with Crippen LogP contribution in [-0.4, -0.2) is 28.3 Å². The van der Waals surface area contributed by atoms with Crippen LogP contribution in [0.5, 0.6) is 5.75 Å². The average molecular weight is 395 g/mol. The molecule has 0 saturated heterocycles. The molecule has 0 fully saturated rings. The van der Waals surface area contributed by atoms with E-state index >= 15 is 0 Å². The molecule has 0 spiro atoms. The van der Waals surface area contributed by atoms with Crippen molar-refractivity contribution < 1.29 is 14.3 Å². The molecule has 3 aromatic rings. The SMILES string of the molecule is CCCOc1ccc(C(=O)CCC(=O)Nc2nc(-c3cccnc3)cs2)cc1. The Morgan fingerprint density at radius 1 is 1.14 bits per heavy atom. The van der Waals surface area contributed by atoms with Crippen LogP contribution in [0.4, 0.5) is 5.13 Å². The molecule has 1 aromatic carbocycles. The molecule has 0 bridgehead atoms. The third kappa shape index (κ3) is 5.47. The molecule has 0 unspecified atom stereocenters. The summed E-state index contributed by atoms with van der Waals surface area (Å²) in [6, 6.07) is 10.8. The summed E-state index contributed by atoms with van der Waals surface area (Å²) < 4.78 is 5.50. The summed E-state index contributed by atoms with van der Waals surface area (Å²) in [6.45, 7) is 2.68. The van der Waals surface area contributed by atoms with Crippen molar-refractivity contribution in [1.82, 2.24) is 9.97 Å². The smallest absolute Gasteiger partial charge is 0.226 e. The first-order valence-electron chi connectivity index (χ1n) is 9.07. The molecule has 7 heteroatoms. The standard InChI is InChI=1S/C21H21N3O3S/c1-2-12-27-17-7-5-15(6-8-17)19(25)9-10-20(26)24-21-23-18(14-28-21)16-4-3-11-22-13-16/h3-8,11,13-14H,2,9-10,12H2,1H3,(H,23,24,26). The molecule has 3 rings (SSSR count). The highest BCUT2D eigenvalue weighted by atomic mass is 32.1. The molecular weight excluding hydrogens is 374 g/mol. The maximum atomic E-state index is 12.3. The Kier molecular flexibility index (Phi) is 6.86. The van der Waals surface area contributed by atoms with Crippen molar-refractivity contribution in [2.75, 3.05) is 11.9 Å². The Labute approximate surface area is 167 Å². The fourth-order valence-electron chi connectivity index (χ4n) is 2.49. The number of nitrogens with zero attached hydrogens (tertiary/aromatic N) is 2. The fraction of sp³-hybridized carbons (Fsp3) is 0.238. The second-order valence-corrected chi connectivity index (χ2v) is 6.98. The number of carbonyl (C=O) groups is 2. The predicted octanol–water partition coefficient (Wildman–Crippen LogP) is 4.60. The van der Waals surface area contributed by atoms with Gasteiger partial charge in [-0.05, 0) is 42.8 Å². The number of thiazole rings is 1. The summed E-state index contributed by atoms with van der Waals surface area (Å²) in [5.41, 5.74) is 2.22. The van der Waals surface area contributed by atoms with Crippen LogP contribution in [0.1, 0.15) is 36.5 Å². The van der Waals surface area contributed by atoms with Crippen molar-refractivity contribution in [2.24, 2.45) is 0 Å². The average Bonchev–Trinajstić information content (AvgIpc) is 3.20. The van der Waals surface area contributed by atoms with Crippen LogP contribution in [0.2, 0.25) is 0 Å². The van der Waals surface area contributed by atoms with Crippen LogP contribution >= 0.6 is 11.3 Å². The topological polar surface area (TPSA) is 81.2 Å². The van der Waals surface area contributed by atoms with Crippen molar-refractivity contribution in [2.45, 2.75) is 26.2 Å². The highest BCUT2D eigenvalue weighted by Gasteiger charge is 2.12. The van der Waals surface area contributed by atoms with Gasteiger partial charge in [0.15, 0.2) is 10.9 Å². The van der Waals surface area contributed by atoms with E-state index in [1.54, 1.807) is 36.7 Å². The summed E-state index contributed by atoms with van der Waals surface area (Å²) in [4.78, 5) is 32.9. The number of pyridine rings is 1. The molecule has 1 amide bonds. The van der Waals surface area contributed by atoms with Gasteiger partial charge in [-0.1, -0.05) is 6.92 Å². The molecule has 6 nitrogen and oxygen atoms in total. The maximum Gasteiger partial charge on any atom is 0.226 e. The maximum absolute atomic E-state index is 12.3. The Hall–Kier alpha value is -3.06. The second-order valence-electron chi connectivity index (χ2n) is 6.12.